The molecule has 0 amide bonds. The van der Waals surface area contributed by atoms with Crippen molar-refractivity contribution >= 4 is 27.3 Å². The number of aryl methyl sites for hydroxylation is 3. The van der Waals surface area contributed by atoms with E-state index in [0.29, 0.717) is 17.4 Å². The van der Waals surface area contributed by atoms with Gasteiger partial charge in [-0.3, -0.25) is 4.79 Å². The molecule has 2 N–H and O–H groups in total. The molecule has 0 fully saturated rings. The Bertz CT molecular complexity index is 1670. The van der Waals surface area contributed by atoms with Crippen LogP contribution in [0.25, 0.3) is 32.8 Å². The van der Waals surface area contributed by atoms with Gasteiger partial charge in [0.15, 0.2) is 0 Å². The van der Waals surface area contributed by atoms with Gasteiger partial charge in [-0.05, 0) is 78.5 Å². The van der Waals surface area contributed by atoms with Crippen LogP contribution in [0.5, 0.6) is 0 Å². The minimum atomic E-state index is -4.38. The molecule has 46 heavy (non-hydrogen) atoms. The topological polar surface area (TPSA) is 54.5 Å². The van der Waals surface area contributed by atoms with Crippen LogP contribution < -0.4 is 0 Å². The maximum Gasteiger partial charge on any atom is 0.416 e. The molecule has 3 nitrogen and oxygen atoms in total. The van der Waals surface area contributed by atoms with Crippen LogP contribution in [0.2, 0.25) is 0 Å². The van der Waals surface area contributed by atoms with Crippen LogP contribution in [-0.4, -0.2) is 20.7 Å². The van der Waals surface area contributed by atoms with Crippen molar-refractivity contribution in [3.8, 4) is 11.3 Å². The summed E-state index contributed by atoms with van der Waals surface area (Å²) in [6.45, 7) is 17.5. The number of benzene rings is 3. The number of fused-ring (bicyclic) bond motifs is 3. The summed E-state index contributed by atoms with van der Waals surface area (Å²) in [5.74, 6) is 0.417. The van der Waals surface area contributed by atoms with Crippen LogP contribution in [0.3, 0.4) is 0 Å². The summed E-state index contributed by atoms with van der Waals surface area (Å²) in [6, 6.07) is 16.2. The van der Waals surface area contributed by atoms with Crippen LogP contribution in [-0.2, 0) is 32.7 Å². The minimum absolute atomic E-state index is 0. The van der Waals surface area contributed by atoms with Gasteiger partial charge in [0, 0.05) is 31.7 Å². The second kappa shape index (κ2) is 15.7. The van der Waals surface area contributed by atoms with E-state index in [4.69, 9.17) is 0 Å². The van der Waals surface area contributed by atoms with E-state index >= 15 is 0 Å². The summed E-state index contributed by atoms with van der Waals surface area (Å²) in [7, 11) is 0. The average Bonchev–Trinajstić information content (AvgIpc) is 2.92. The normalized spacial score (nSPS) is 12.5. The van der Waals surface area contributed by atoms with Gasteiger partial charge in [0.2, 0.25) is 0 Å². The first-order chi connectivity index (χ1) is 20.8. The van der Waals surface area contributed by atoms with E-state index < -0.39 is 11.7 Å². The average molecular weight is 812 g/mol. The predicted molar refractivity (Wildman–Crippen MR) is 182 cm³/mol. The van der Waals surface area contributed by atoms with E-state index in [9.17, 15) is 23.1 Å². The predicted octanol–water partition coefficient (Wildman–Crippen LogP) is 11.7. The van der Waals surface area contributed by atoms with E-state index in [0.717, 1.165) is 64.2 Å². The molecule has 0 aliphatic heterocycles. The number of hydrogen-bond acceptors (Lipinski definition) is 2. The molecular formula is C39H48F3IrNO2. The second-order valence-electron chi connectivity index (χ2n) is 14.0. The zero-order valence-electron chi connectivity index (χ0n) is 28.5. The molecule has 1 heterocycles. The molecule has 0 aliphatic rings. The van der Waals surface area contributed by atoms with Gasteiger partial charge in [-0.1, -0.05) is 79.0 Å². The third kappa shape index (κ3) is 10.2. The molecule has 0 aliphatic carbocycles. The maximum atomic E-state index is 14.0. The third-order valence-corrected chi connectivity index (χ3v) is 7.80. The Morgan fingerprint density at radius 2 is 1.54 bits per heavy atom. The maximum absolute atomic E-state index is 14.0. The van der Waals surface area contributed by atoms with Crippen LogP contribution in [0, 0.1) is 30.7 Å². The van der Waals surface area contributed by atoms with Crippen molar-refractivity contribution in [3.05, 3.63) is 88.8 Å². The number of allylic oxidation sites excluding steroid dienone is 2. The van der Waals surface area contributed by atoms with Gasteiger partial charge in [0.1, 0.15) is 5.76 Å². The summed E-state index contributed by atoms with van der Waals surface area (Å²) < 4.78 is 41.9. The summed E-state index contributed by atoms with van der Waals surface area (Å²) >= 11 is 0. The van der Waals surface area contributed by atoms with Gasteiger partial charge in [-0.25, -0.2) is 0 Å². The van der Waals surface area contributed by atoms with Gasteiger partial charge in [0.25, 0.3) is 0 Å². The van der Waals surface area contributed by atoms with Crippen molar-refractivity contribution in [2.75, 3.05) is 0 Å². The largest absolute Gasteiger partial charge is 0.511 e. The van der Waals surface area contributed by atoms with E-state index in [-0.39, 0.29) is 42.5 Å². The summed E-state index contributed by atoms with van der Waals surface area (Å²) in [5, 5.41) is 12.7. The minimum Gasteiger partial charge on any atom is -0.511 e. The Morgan fingerprint density at radius 3 is 2.11 bits per heavy atom. The Balaban J connectivity index is 0.000000449. The van der Waals surface area contributed by atoms with Gasteiger partial charge in [0.05, 0.1) is 17.1 Å². The third-order valence-electron chi connectivity index (χ3n) is 7.80. The molecule has 0 bridgehead atoms. The smallest absolute Gasteiger partial charge is 0.416 e. The molecular weight excluding hydrogens is 764 g/mol. The van der Waals surface area contributed by atoms with Crippen molar-refractivity contribution in [2.45, 2.75) is 101 Å². The SMILES string of the molecule is CC(C)(C)C(=[OH+])/C=C(\O)C(C)(C)C.CCCCCCc1cc2ccc3c(-c4[c-]c(C)cc(C)c4)nccc3c2cc1C(F)(F)F.[Ir]. The fourth-order valence-electron chi connectivity index (χ4n) is 5.10. The molecule has 1 radical (unpaired) electrons. The zero-order valence-corrected chi connectivity index (χ0v) is 30.9. The number of unbranched alkanes of at least 4 members (excludes halogenated alkanes) is 3. The number of halogens is 3. The molecule has 7 heteroatoms. The van der Waals surface area contributed by atoms with Crippen LogP contribution in [0.4, 0.5) is 13.2 Å². The molecule has 251 valence electrons. The van der Waals surface area contributed by atoms with Gasteiger partial charge >= 0.3 is 12.0 Å². The molecule has 4 rings (SSSR count). The van der Waals surface area contributed by atoms with Crippen molar-refractivity contribution in [1.29, 1.82) is 0 Å². The van der Waals surface area contributed by atoms with E-state index in [1.54, 1.807) is 12.3 Å². The van der Waals surface area contributed by atoms with E-state index in [2.05, 4.69) is 18.0 Å². The van der Waals surface area contributed by atoms with Gasteiger partial charge in [-0.15, -0.1) is 34.9 Å². The number of aromatic nitrogens is 1. The first-order valence-electron chi connectivity index (χ1n) is 15.7. The number of hydrogen-bond donors (Lipinski definition) is 1. The Hall–Kier alpha value is -3.02. The number of aliphatic hydroxyl groups excluding tert-OH is 1. The Kier molecular flexibility index (Phi) is 13.4. The number of nitrogens with zero attached hydrogens (tertiary/aromatic N) is 1. The molecule has 0 saturated heterocycles. The zero-order chi connectivity index (χ0) is 33.7. The molecule has 0 atom stereocenters. The fraction of sp³-hybridized carbons (Fsp3) is 0.436. The number of aliphatic hydroxyl groups is 1. The number of pyridine rings is 1. The molecule has 0 saturated carbocycles. The number of ketones is 1. The Morgan fingerprint density at radius 1 is 0.870 bits per heavy atom. The summed E-state index contributed by atoms with van der Waals surface area (Å²) in [6.07, 6.45) is 3.01. The molecule has 4 aromatic rings. The van der Waals surface area contributed by atoms with Crippen LogP contribution in [0.15, 0.2) is 60.5 Å². The number of carbonyl (C=O) groups excluding carboxylic acids is 1. The van der Waals surface area contributed by atoms with Crippen molar-refractivity contribution in [1.82, 2.24) is 4.98 Å². The number of rotatable bonds is 7. The van der Waals surface area contributed by atoms with E-state index in [1.807, 2.05) is 85.7 Å². The fourth-order valence-corrected chi connectivity index (χ4v) is 5.10. The van der Waals surface area contributed by atoms with Crippen molar-refractivity contribution < 1.29 is 43.2 Å². The molecule has 0 spiro atoms. The van der Waals surface area contributed by atoms with Crippen LogP contribution >= 0.6 is 0 Å². The van der Waals surface area contributed by atoms with Crippen LogP contribution in [0.1, 0.15) is 96.4 Å². The quantitative estimate of drug-likeness (QED) is 0.0505. The molecule has 1 aromatic heterocycles. The summed E-state index contributed by atoms with van der Waals surface area (Å²) in [4.78, 5) is 14.2. The number of alkyl halides is 3. The van der Waals surface area contributed by atoms with E-state index in [1.165, 1.54) is 12.1 Å². The Labute approximate surface area is 286 Å². The summed E-state index contributed by atoms with van der Waals surface area (Å²) in [5.41, 5.74) is 2.96. The van der Waals surface area contributed by atoms with Gasteiger partial charge < -0.3 is 10.1 Å². The van der Waals surface area contributed by atoms with Crippen molar-refractivity contribution in [2.24, 2.45) is 10.8 Å². The molecule has 0 unspecified atom stereocenters. The van der Waals surface area contributed by atoms with Gasteiger partial charge in [-0.2, -0.15) is 13.2 Å². The molecule has 3 aromatic carbocycles. The van der Waals surface area contributed by atoms with Crippen molar-refractivity contribution in [3.63, 3.8) is 0 Å². The monoisotopic (exact) mass is 812 g/mol. The second-order valence-corrected chi connectivity index (χ2v) is 14.0. The first kappa shape index (κ1) is 39.2. The first-order valence-corrected chi connectivity index (χ1v) is 15.7. The standard InChI is InChI=1S/C28H27F3N.C11H20O2.Ir/c1-4-5-6-7-8-21-16-20-9-10-24-23(25(20)17-26(21)28(29,30)31)11-12-32-27(24)22-14-18(2)13-19(3)15-22;1-10(2,3)8(12)7-9(13)11(4,5)6;/h9-14,16-17H,4-8H2,1-3H3;7,12H,1-6H3;/q-1;;/p+1/b;8-7-;.